The first-order valence-electron chi connectivity index (χ1n) is 5.66. The Bertz CT molecular complexity index is 665. The Morgan fingerprint density at radius 2 is 1.48 bits per heavy atom. The topological polar surface area (TPSA) is 0 Å². The fraction of sp³-hybridized carbons (Fsp3) is 0.143. The molecule has 1 atom stereocenters. The van der Waals surface area contributed by atoms with Gasteiger partial charge in [-0.3, -0.25) is 0 Å². The maximum Gasteiger partial charge on any atom is 0.416 e. The van der Waals surface area contributed by atoms with E-state index >= 15 is 0 Å². The van der Waals surface area contributed by atoms with Crippen LogP contribution in [0.3, 0.4) is 0 Å². The highest BCUT2D eigenvalue weighted by atomic mass is 79.9. The van der Waals surface area contributed by atoms with Crippen LogP contribution in [-0.2, 0) is 6.18 Å². The van der Waals surface area contributed by atoms with E-state index in [0.29, 0.717) is 12.1 Å². The molecule has 0 N–H and O–H groups in total. The van der Waals surface area contributed by atoms with Crippen molar-refractivity contribution in [1.29, 1.82) is 0 Å². The summed E-state index contributed by atoms with van der Waals surface area (Å²) in [5.74, 6) is -3.68. The molecule has 0 aromatic heterocycles. The number of alkyl halides is 4. The van der Waals surface area contributed by atoms with E-state index in [1.54, 1.807) is 0 Å². The molecule has 0 fully saturated rings. The average Bonchev–Trinajstić information content (AvgIpc) is 2.41. The van der Waals surface area contributed by atoms with Crippen LogP contribution in [0.2, 0.25) is 0 Å². The first-order chi connectivity index (χ1) is 9.70. The molecule has 0 nitrogen and oxygen atoms in total. The Balaban J connectivity index is 2.45. The second kappa shape index (κ2) is 5.71. The van der Waals surface area contributed by atoms with Crippen molar-refractivity contribution in [3.63, 3.8) is 0 Å². The molecule has 0 radical (unpaired) electrons. The molecule has 21 heavy (non-hydrogen) atoms. The lowest BCUT2D eigenvalue weighted by atomic mass is 10.0. The monoisotopic (exact) mass is 368 g/mol. The normalized spacial score (nSPS) is 13.3. The zero-order valence-electron chi connectivity index (χ0n) is 10.2. The van der Waals surface area contributed by atoms with Crippen molar-refractivity contribution in [2.45, 2.75) is 11.0 Å². The fourth-order valence-electron chi connectivity index (χ4n) is 1.78. The molecule has 1 unspecified atom stereocenters. The fourth-order valence-corrected chi connectivity index (χ4v) is 2.42. The zero-order chi connectivity index (χ0) is 15.8. The van der Waals surface area contributed by atoms with Gasteiger partial charge in [-0.05, 0) is 17.7 Å². The van der Waals surface area contributed by atoms with Gasteiger partial charge >= 0.3 is 6.18 Å². The Kier molecular flexibility index (Phi) is 4.32. The second-order valence-corrected chi connectivity index (χ2v) is 5.19. The predicted molar refractivity (Wildman–Crippen MR) is 68.5 cm³/mol. The molecule has 2 aromatic rings. The van der Waals surface area contributed by atoms with Crippen LogP contribution in [0.5, 0.6) is 0 Å². The molecule has 0 aliphatic rings. The Morgan fingerprint density at radius 3 is 2.10 bits per heavy atom. The van der Waals surface area contributed by atoms with E-state index in [1.807, 2.05) is 0 Å². The third kappa shape index (κ3) is 3.40. The lowest BCUT2D eigenvalue weighted by Gasteiger charge is -2.14. The highest BCUT2D eigenvalue weighted by Gasteiger charge is 2.31. The number of rotatable bonds is 2. The van der Waals surface area contributed by atoms with Crippen LogP contribution in [0, 0.1) is 17.5 Å². The van der Waals surface area contributed by atoms with Crippen LogP contribution in [0.1, 0.15) is 21.5 Å². The van der Waals surface area contributed by atoms with Crippen LogP contribution < -0.4 is 0 Å². The molecule has 0 aliphatic carbocycles. The van der Waals surface area contributed by atoms with E-state index in [-0.39, 0.29) is 11.1 Å². The van der Waals surface area contributed by atoms with Gasteiger partial charge in [0.1, 0.15) is 5.82 Å². The largest absolute Gasteiger partial charge is 0.416 e. The molecule has 0 heterocycles. The molecule has 0 saturated heterocycles. The van der Waals surface area contributed by atoms with Crippen LogP contribution in [0.4, 0.5) is 26.3 Å². The molecule has 0 aliphatic heterocycles. The maximum absolute atomic E-state index is 13.6. The third-order valence-corrected chi connectivity index (χ3v) is 3.84. The lowest BCUT2D eigenvalue weighted by Crippen LogP contribution is -2.06. The van der Waals surface area contributed by atoms with Crippen LogP contribution in [-0.4, -0.2) is 0 Å². The smallest absolute Gasteiger partial charge is 0.207 e. The molecule has 0 bridgehead atoms. The van der Waals surface area contributed by atoms with Gasteiger partial charge in [-0.2, -0.15) is 13.2 Å². The van der Waals surface area contributed by atoms with Crippen molar-refractivity contribution in [1.82, 2.24) is 0 Å². The predicted octanol–water partition coefficient (Wildman–Crippen LogP) is 5.61. The van der Waals surface area contributed by atoms with Crippen molar-refractivity contribution in [2.75, 3.05) is 0 Å². The summed E-state index contributed by atoms with van der Waals surface area (Å²) in [5.41, 5.74) is -1.12. The minimum Gasteiger partial charge on any atom is -0.207 e. The number of hydrogen-bond acceptors (Lipinski definition) is 0. The van der Waals surface area contributed by atoms with E-state index in [1.165, 1.54) is 6.07 Å². The molecule has 0 saturated carbocycles. The molecule has 2 rings (SSSR count). The third-order valence-electron chi connectivity index (χ3n) is 2.82. The number of benzene rings is 2. The zero-order valence-corrected chi connectivity index (χ0v) is 11.8. The first kappa shape index (κ1) is 15.9. The summed E-state index contributed by atoms with van der Waals surface area (Å²) < 4.78 is 77.6. The molecule has 2 aromatic carbocycles. The highest BCUT2D eigenvalue weighted by molar-refractivity contribution is 9.09. The van der Waals surface area contributed by atoms with E-state index < -0.39 is 34.0 Å². The second-order valence-electron chi connectivity index (χ2n) is 4.27. The SMILES string of the molecule is Fc1cc(F)c(C(Br)c2cccc(C(F)(F)F)c2)cc1F. The van der Waals surface area contributed by atoms with Crippen molar-refractivity contribution in [3.05, 3.63) is 70.5 Å². The summed E-state index contributed by atoms with van der Waals surface area (Å²) in [7, 11) is 0. The molecular weight excluding hydrogens is 362 g/mol. The number of halogens is 7. The van der Waals surface area contributed by atoms with Crippen LogP contribution in [0.15, 0.2) is 36.4 Å². The van der Waals surface area contributed by atoms with Gasteiger partial charge < -0.3 is 0 Å². The van der Waals surface area contributed by atoms with Crippen LogP contribution in [0.25, 0.3) is 0 Å². The highest BCUT2D eigenvalue weighted by Crippen LogP contribution is 2.36. The summed E-state index contributed by atoms with van der Waals surface area (Å²) in [6.45, 7) is 0. The van der Waals surface area contributed by atoms with Crippen molar-refractivity contribution in [2.24, 2.45) is 0 Å². The summed E-state index contributed by atoms with van der Waals surface area (Å²) in [6.07, 6.45) is -4.55. The average molecular weight is 369 g/mol. The van der Waals surface area contributed by atoms with Crippen molar-refractivity contribution in [3.8, 4) is 0 Å². The quantitative estimate of drug-likeness (QED) is 0.367. The Hall–Kier alpha value is -1.50. The molecule has 7 heteroatoms. The summed E-state index contributed by atoms with van der Waals surface area (Å²) in [5, 5.41) is 0. The van der Waals surface area contributed by atoms with Crippen LogP contribution >= 0.6 is 15.9 Å². The Morgan fingerprint density at radius 1 is 0.857 bits per heavy atom. The minimum absolute atomic E-state index is 0.0785. The molecule has 112 valence electrons. The van der Waals surface area contributed by atoms with Gasteiger partial charge in [0, 0.05) is 11.6 Å². The molecular formula is C14H7BrF6. The van der Waals surface area contributed by atoms with Gasteiger partial charge in [-0.1, -0.05) is 34.1 Å². The molecule has 0 amide bonds. The van der Waals surface area contributed by atoms with Gasteiger partial charge in [0.2, 0.25) is 0 Å². The minimum atomic E-state index is -4.55. The maximum atomic E-state index is 13.6. The van der Waals surface area contributed by atoms with E-state index in [9.17, 15) is 26.3 Å². The van der Waals surface area contributed by atoms with Gasteiger partial charge in [0.25, 0.3) is 0 Å². The lowest BCUT2D eigenvalue weighted by molar-refractivity contribution is -0.137. The summed E-state index contributed by atoms with van der Waals surface area (Å²) in [6, 6.07) is 5.14. The van der Waals surface area contributed by atoms with Gasteiger partial charge in [0.05, 0.1) is 10.4 Å². The summed E-state index contributed by atoms with van der Waals surface area (Å²) in [4.78, 5) is -1.03. The first-order valence-corrected chi connectivity index (χ1v) is 6.57. The summed E-state index contributed by atoms with van der Waals surface area (Å²) >= 11 is 3.01. The number of hydrogen-bond donors (Lipinski definition) is 0. The standard InChI is InChI=1S/C14H7BrF6/c15-13(9-5-11(17)12(18)6-10(9)16)7-2-1-3-8(4-7)14(19,20)21/h1-6,13H. The van der Waals surface area contributed by atoms with Gasteiger partial charge in [-0.15, -0.1) is 0 Å². The van der Waals surface area contributed by atoms with Crippen molar-refractivity contribution < 1.29 is 26.3 Å². The van der Waals surface area contributed by atoms with Crippen molar-refractivity contribution >= 4 is 15.9 Å². The van der Waals surface area contributed by atoms with E-state index in [0.717, 1.165) is 18.2 Å². The van der Waals surface area contributed by atoms with Gasteiger partial charge in [0.15, 0.2) is 11.6 Å². The molecule has 0 spiro atoms. The van der Waals surface area contributed by atoms with E-state index in [4.69, 9.17) is 0 Å². The Labute approximate surface area is 124 Å². The van der Waals surface area contributed by atoms with Gasteiger partial charge in [-0.25, -0.2) is 13.2 Å². The van der Waals surface area contributed by atoms with E-state index in [2.05, 4.69) is 15.9 Å².